The number of alkyl halides is 1. The van der Waals surface area contributed by atoms with Crippen molar-refractivity contribution >= 4 is 17.5 Å². The van der Waals surface area contributed by atoms with E-state index >= 15 is 0 Å². The Balaban J connectivity index is 0.000000385. The molecule has 1 heterocycles. The number of nitrogens with zero attached hydrogens (tertiary/aromatic N) is 1. The van der Waals surface area contributed by atoms with Gasteiger partial charge in [0.15, 0.2) is 11.5 Å². The lowest BCUT2D eigenvalue weighted by molar-refractivity contribution is 0.0485. The average Bonchev–Trinajstić information content (AvgIpc) is 3.92. The van der Waals surface area contributed by atoms with Crippen LogP contribution in [0.15, 0.2) is 60.7 Å². The summed E-state index contributed by atoms with van der Waals surface area (Å²) in [5.74, 6) is 2.67. The predicted molar refractivity (Wildman–Crippen MR) is 163 cm³/mol. The van der Waals surface area contributed by atoms with Crippen LogP contribution in [0.2, 0.25) is 0 Å². The quantitative estimate of drug-likeness (QED) is 0.167. The largest absolute Gasteiger partial charge is 0.447 e. The molecule has 0 spiro atoms. The lowest BCUT2D eigenvalue weighted by Crippen LogP contribution is -2.35. The van der Waals surface area contributed by atoms with Crippen molar-refractivity contribution in [2.24, 2.45) is 11.8 Å². The van der Waals surface area contributed by atoms with Gasteiger partial charge in [-0.2, -0.15) is 0 Å². The Morgan fingerprint density at radius 2 is 1.56 bits per heavy atom. The molecule has 2 aromatic rings. The minimum atomic E-state index is -0.783. The maximum atomic E-state index is 14.7. The number of amides is 1. The standard InChI is InChI=1S/C22H21F2NO3.C8H14.C3H4.CH3Cl/c23-16-7-5-15(6-8-16)22-27-19-9-17(18(24)10-20(19)28-22)21(26)25(11-13-1-2-13)12-14-3-4-14;1-3-5-7-8-6-4-2;1-3-2;1-2/h5-10,13-14,22H,1-4,11-12H2;3,5,7-8H,4,6H2,1-2H3;1H,2H3;1H3/b;5-3-,8-7-;;. The highest BCUT2D eigenvalue weighted by atomic mass is 35.5. The van der Waals surface area contributed by atoms with Crippen molar-refractivity contribution in [2.45, 2.75) is 65.6 Å². The average molecular weight is 586 g/mol. The van der Waals surface area contributed by atoms with Crippen molar-refractivity contribution < 1.29 is 23.0 Å². The van der Waals surface area contributed by atoms with Crippen LogP contribution < -0.4 is 9.47 Å². The number of terminal acetylenes is 1. The van der Waals surface area contributed by atoms with Crippen LogP contribution in [-0.2, 0) is 0 Å². The van der Waals surface area contributed by atoms with Gasteiger partial charge < -0.3 is 14.4 Å². The molecular formula is C34H42ClF2NO3. The molecule has 1 unspecified atom stereocenters. The molecule has 2 fully saturated rings. The molecule has 2 saturated carbocycles. The minimum absolute atomic E-state index is 0.0170. The molecule has 1 atom stereocenters. The lowest BCUT2D eigenvalue weighted by atomic mass is 10.1. The number of carbonyl (C=O) groups is 1. The molecule has 0 bridgehead atoms. The summed E-state index contributed by atoms with van der Waals surface area (Å²) >= 11 is 4.64. The van der Waals surface area contributed by atoms with Crippen LogP contribution in [-0.4, -0.2) is 30.3 Å². The first-order chi connectivity index (χ1) is 19.9. The monoisotopic (exact) mass is 585 g/mol. The minimum Gasteiger partial charge on any atom is -0.447 e. The van der Waals surface area contributed by atoms with E-state index in [2.05, 4.69) is 49.1 Å². The number of unbranched alkanes of at least 4 members (excludes halogenated alkanes) is 1. The Kier molecular flexibility index (Phi) is 15.0. The van der Waals surface area contributed by atoms with E-state index in [4.69, 9.17) is 9.47 Å². The van der Waals surface area contributed by atoms with Crippen LogP contribution in [0.3, 0.4) is 0 Å². The van der Waals surface area contributed by atoms with E-state index in [-0.39, 0.29) is 23.0 Å². The Labute approximate surface area is 249 Å². The fourth-order valence-electron chi connectivity index (χ4n) is 3.98. The van der Waals surface area contributed by atoms with Crippen LogP contribution in [0.1, 0.15) is 81.5 Å². The van der Waals surface area contributed by atoms with Crippen LogP contribution in [0.4, 0.5) is 8.78 Å². The van der Waals surface area contributed by atoms with E-state index in [1.54, 1.807) is 24.0 Å². The fourth-order valence-corrected chi connectivity index (χ4v) is 3.98. The topological polar surface area (TPSA) is 38.8 Å². The van der Waals surface area contributed by atoms with E-state index in [9.17, 15) is 13.6 Å². The van der Waals surface area contributed by atoms with Gasteiger partial charge in [-0.15, -0.1) is 23.9 Å². The zero-order chi connectivity index (χ0) is 30.2. The number of allylic oxidation sites excluding steroid dienone is 4. The molecule has 1 aliphatic heterocycles. The molecular weight excluding hydrogens is 544 g/mol. The molecule has 222 valence electrons. The maximum absolute atomic E-state index is 14.7. The summed E-state index contributed by atoms with van der Waals surface area (Å²) in [4.78, 5) is 14.8. The van der Waals surface area contributed by atoms with Crippen LogP contribution in [0.25, 0.3) is 0 Å². The normalized spacial score (nSPS) is 16.5. The van der Waals surface area contributed by atoms with Gasteiger partial charge in [0.2, 0.25) is 0 Å². The fraction of sp³-hybridized carbons (Fsp3) is 0.441. The van der Waals surface area contributed by atoms with E-state index in [1.165, 1.54) is 43.5 Å². The smallest absolute Gasteiger partial charge is 0.267 e. The molecule has 2 aromatic carbocycles. The SMILES string of the molecule is C#CC.C/C=C\C=C/CCC.CCl.O=C(c1cc2c(cc1F)OC(c1ccc(F)cc1)O2)N(CC1CC1)CC1CC1. The second-order valence-corrected chi connectivity index (χ2v) is 10.0. The Hall–Kier alpha value is -3.30. The number of halogens is 3. The summed E-state index contributed by atoms with van der Waals surface area (Å²) in [7, 11) is 0. The maximum Gasteiger partial charge on any atom is 0.267 e. The molecule has 41 heavy (non-hydrogen) atoms. The molecule has 5 rings (SSSR count). The van der Waals surface area contributed by atoms with Gasteiger partial charge in [0.1, 0.15) is 11.6 Å². The number of rotatable bonds is 9. The third-order valence-corrected chi connectivity index (χ3v) is 6.41. The molecule has 4 nitrogen and oxygen atoms in total. The summed E-state index contributed by atoms with van der Waals surface area (Å²) < 4.78 is 39.2. The number of ether oxygens (including phenoxy) is 2. The van der Waals surface area contributed by atoms with Crippen molar-refractivity contribution in [3.8, 4) is 23.8 Å². The molecule has 3 aliphatic rings. The summed E-state index contributed by atoms with van der Waals surface area (Å²) in [5.41, 5.74) is 0.637. The molecule has 0 radical (unpaired) electrons. The lowest BCUT2D eigenvalue weighted by Gasteiger charge is -2.23. The van der Waals surface area contributed by atoms with Gasteiger partial charge in [-0.05, 0) is 88.1 Å². The van der Waals surface area contributed by atoms with E-state index in [0.29, 0.717) is 36.2 Å². The van der Waals surface area contributed by atoms with Crippen molar-refractivity contribution in [1.82, 2.24) is 4.90 Å². The van der Waals surface area contributed by atoms with Gasteiger partial charge in [0.05, 0.1) is 5.56 Å². The van der Waals surface area contributed by atoms with Crippen LogP contribution in [0.5, 0.6) is 11.5 Å². The highest BCUT2D eigenvalue weighted by Gasteiger charge is 2.34. The van der Waals surface area contributed by atoms with E-state index in [0.717, 1.165) is 25.7 Å². The first kappa shape index (κ1) is 33.9. The predicted octanol–water partition coefficient (Wildman–Crippen LogP) is 9.11. The number of hydrogen-bond donors (Lipinski definition) is 0. The molecule has 2 aliphatic carbocycles. The number of carbonyl (C=O) groups excluding carboxylic acids is 1. The van der Waals surface area contributed by atoms with Crippen LogP contribution >= 0.6 is 11.6 Å². The summed E-state index contributed by atoms with van der Waals surface area (Å²) in [6.07, 6.45) is 20.6. The van der Waals surface area contributed by atoms with Crippen molar-refractivity contribution in [2.75, 3.05) is 19.5 Å². The second kappa shape index (κ2) is 18.2. The zero-order valence-corrected chi connectivity index (χ0v) is 25.3. The molecule has 0 saturated heterocycles. The molecule has 1 amide bonds. The molecule has 0 N–H and O–H groups in total. The third-order valence-electron chi connectivity index (χ3n) is 6.41. The molecule has 0 aromatic heterocycles. The zero-order valence-electron chi connectivity index (χ0n) is 24.5. The van der Waals surface area contributed by atoms with Crippen LogP contribution in [0, 0.1) is 35.8 Å². The van der Waals surface area contributed by atoms with Gasteiger partial charge in [-0.25, -0.2) is 8.78 Å². The Morgan fingerprint density at radius 1 is 1.02 bits per heavy atom. The van der Waals surface area contributed by atoms with Gasteiger partial charge in [-0.1, -0.05) is 37.6 Å². The summed E-state index contributed by atoms with van der Waals surface area (Å²) in [6.45, 7) is 7.25. The number of hydrogen-bond acceptors (Lipinski definition) is 3. The van der Waals surface area contributed by atoms with E-state index in [1.807, 2.05) is 13.0 Å². The van der Waals surface area contributed by atoms with Gasteiger partial charge in [0.25, 0.3) is 12.2 Å². The number of benzene rings is 2. The van der Waals surface area contributed by atoms with Crippen molar-refractivity contribution in [3.63, 3.8) is 0 Å². The Bertz CT molecular complexity index is 1170. The highest BCUT2D eigenvalue weighted by Crippen LogP contribution is 2.42. The van der Waals surface area contributed by atoms with Gasteiger partial charge >= 0.3 is 0 Å². The Morgan fingerprint density at radius 3 is 2.05 bits per heavy atom. The molecule has 7 heteroatoms. The first-order valence-corrected chi connectivity index (χ1v) is 14.9. The number of fused-ring (bicyclic) bond motifs is 1. The first-order valence-electron chi connectivity index (χ1n) is 14.1. The highest BCUT2D eigenvalue weighted by molar-refractivity contribution is 6.15. The van der Waals surface area contributed by atoms with Crippen molar-refractivity contribution in [3.05, 3.63) is 83.5 Å². The van der Waals surface area contributed by atoms with Gasteiger partial charge in [-0.3, -0.25) is 4.79 Å². The second-order valence-electron chi connectivity index (χ2n) is 10.0. The van der Waals surface area contributed by atoms with Gasteiger partial charge in [0, 0.05) is 31.1 Å². The van der Waals surface area contributed by atoms with Crippen molar-refractivity contribution in [1.29, 1.82) is 0 Å². The third kappa shape index (κ3) is 11.6. The summed E-state index contributed by atoms with van der Waals surface area (Å²) in [6, 6.07) is 8.38. The summed E-state index contributed by atoms with van der Waals surface area (Å²) in [5, 5.41) is 0. The van der Waals surface area contributed by atoms with E-state index < -0.39 is 12.1 Å².